The first-order valence-corrected chi connectivity index (χ1v) is 8.87. The zero-order valence-electron chi connectivity index (χ0n) is 15.7. The summed E-state index contributed by atoms with van der Waals surface area (Å²) in [4.78, 5) is 35.2. The minimum absolute atomic E-state index is 0.126. The molecule has 0 fully saturated rings. The summed E-state index contributed by atoms with van der Waals surface area (Å²) in [7, 11) is 0. The number of carboxylic acids is 1. The summed E-state index contributed by atoms with van der Waals surface area (Å²) in [6.45, 7) is 1.94. The minimum atomic E-state index is -1.04. The van der Waals surface area contributed by atoms with Crippen LogP contribution in [0.2, 0.25) is 0 Å². The van der Waals surface area contributed by atoms with E-state index in [0.717, 1.165) is 11.1 Å². The van der Waals surface area contributed by atoms with Crippen LogP contribution < -0.4 is 4.74 Å². The second-order valence-electron chi connectivity index (χ2n) is 6.40. The van der Waals surface area contributed by atoms with Gasteiger partial charge in [0.1, 0.15) is 5.75 Å². The first kappa shape index (κ1) is 19.8. The lowest BCUT2D eigenvalue weighted by Gasteiger charge is -2.05. The number of aryl methyl sites for hydroxylation is 1. The third kappa shape index (κ3) is 5.26. The number of aromatic carboxylic acids is 1. The SMILES string of the molecule is Cc1ccc(C(=O)Oc2ccc(C=CC(=O)c3ccc(C(=O)O)cc3)cc2)cc1. The van der Waals surface area contributed by atoms with Crippen molar-refractivity contribution in [3.8, 4) is 5.75 Å². The molecular weight excluding hydrogens is 368 g/mol. The molecule has 0 aliphatic rings. The van der Waals surface area contributed by atoms with E-state index in [0.29, 0.717) is 16.9 Å². The highest BCUT2D eigenvalue weighted by Gasteiger charge is 2.08. The second kappa shape index (κ2) is 8.80. The highest BCUT2D eigenvalue weighted by atomic mass is 16.5. The first-order valence-electron chi connectivity index (χ1n) is 8.87. The van der Waals surface area contributed by atoms with Gasteiger partial charge < -0.3 is 9.84 Å². The Kier molecular flexibility index (Phi) is 6.00. The van der Waals surface area contributed by atoms with Gasteiger partial charge in [-0.2, -0.15) is 0 Å². The Bertz CT molecular complexity index is 1060. The molecule has 0 heterocycles. The van der Waals surface area contributed by atoms with Crippen LogP contribution >= 0.6 is 0 Å². The molecule has 3 rings (SSSR count). The monoisotopic (exact) mass is 386 g/mol. The van der Waals surface area contributed by atoms with Gasteiger partial charge in [-0.25, -0.2) is 9.59 Å². The van der Waals surface area contributed by atoms with Gasteiger partial charge in [-0.05, 0) is 55.0 Å². The third-order valence-corrected chi connectivity index (χ3v) is 4.22. The number of benzene rings is 3. The summed E-state index contributed by atoms with van der Waals surface area (Å²) >= 11 is 0. The summed E-state index contributed by atoms with van der Waals surface area (Å²) in [5.74, 6) is -1.31. The number of carbonyl (C=O) groups excluding carboxylic acids is 2. The van der Waals surface area contributed by atoms with E-state index in [-0.39, 0.29) is 11.3 Å². The summed E-state index contributed by atoms with van der Waals surface area (Å²) < 4.78 is 5.34. The topological polar surface area (TPSA) is 80.7 Å². The van der Waals surface area contributed by atoms with Crippen LogP contribution in [0.1, 0.15) is 42.2 Å². The fourth-order valence-corrected chi connectivity index (χ4v) is 2.55. The van der Waals surface area contributed by atoms with Gasteiger partial charge in [0.05, 0.1) is 11.1 Å². The molecule has 0 atom stereocenters. The van der Waals surface area contributed by atoms with E-state index in [1.54, 1.807) is 42.5 Å². The number of esters is 1. The van der Waals surface area contributed by atoms with Crippen molar-refractivity contribution in [1.82, 2.24) is 0 Å². The Labute approximate surface area is 167 Å². The van der Waals surface area contributed by atoms with Crippen molar-refractivity contribution in [3.63, 3.8) is 0 Å². The quantitative estimate of drug-likeness (QED) is 0.285. The summed E-state index contributed by atoms with van der Waals surface area (Å²) in [6.07, 6.45) is 3.04. The highest BCUT2D eigenvalue weighted by molar-refractivity contribution is 6.07. The van der Waals surface area contributed by atoms with Gasteiger partial charge in [0, 0.05) is 5.56 Å². The molecule has 0 aromatic heterocycles. The molecule has 0 bridgehead atoms. The largest absolute Gasteiger partial charge is 0.478 e. The van der Waals surface area contributed by atoms with E-state index >= 15 is 0 Å². The van der Waals surface area contributed by atoms with E-state index in [1.807, 2.05) is 19.1 Å². The molecule has 0 aliphatic carbocycles. The van der Waals surface area contributed by atoms with Crippen molar-refractivity contribution in [2.45, 2.75) is 6.92 Å². The molecule has 3 aromatic rings. The number of carboxylic acid groups (broad SMARTS) is 1. The zero-order valence-corrected chi connectivity index (χ0v) is 15.7. The van der Waals surface area contributed by atoms with E-state index in [2.05, 4.69) is 0 Å². The van der Waals surface area contributed by atoms with Gasteiger partial charge in [0.2, 0.25) is 0 Å². The second-order valence-corrected chi connectivity index (χ2v) is 6.40. The smallest absolute Gasteiger partial charge is 0.343 e. The molecule has 3 aromatic carbocycles. The summed E-state index contributed by atoms with van der Waals surface area (Å²) in [5.41, 5.74) is 2.82. The van der Waals surface area contributed by atoms with Crippen molar-refractivity contribution >= 4 is 23.8 Å². The Morgan fingerprint density at radius 1 is 0.759 bits per heavy atom. The zero-order chi connectivity index (χ0) is 20.8. The maximum absolute atomic E-state index is 12.2. The lowest BCUT2D eigenvalue weighted by atomic mass is 10.1. The molecule has 5 nitrogen and oxygen atoms in total. The van der Waals surface area contributed by atoms with Crippen LogP contribution in [0.25, 0.3) is 6.08 Å². The minimum Gasteiger partial charge on any atom is -0.478 e. The number of rotatable bonds is 6. The molecule has 1 N–H and O–H groups in total. The van der Waals surface area contributed by atoms with Gasteiger partial charge in [0.15, 0.2) is 5.78 Å². The number of allylic oxidation sites excluding steroid dienone is 1. The average molecular weight is 386 g/mol. The number of ketones is 1. The molecule has 29 heavy (non-hydrogen) atoms. The molecule has 0 spiro atoms. The molecular formula is C24H18O5. The lowest BCUT2D eigenvalue weighted by molar-refractivity contribution is 0.0694. The van der Waals surface area contributed by atoms with E-state index in [4.69, 9.17) is 9.84 Å². The van der Waals surface area contributed by atoms with Gasteiger partial charge in [-0.1, -0.05) is 48.0 Å². The summed E-state index contributed by atoms with van der Waals surface area (Å²) in [6, 6.07) is 19.6. The Hall–Kier alpha value is -3.99. The van der Waals surface area contributed by atoms with Crippen LogP contribution in [0, 0.1) is 6.92 Å². The number of hydrogen-bond acceptors (Lipinski definition) is 4. The van der Waals surface area contributed by atoms with Crippen molar-refractivity contribution < 1.29 is 24.2 Å². The average Bonchev–Trinajstić information content (AvgIpc) is 2.73. The van der Waals surface area contributed by atoms with Gasteiger partial charge in [-0.3, -0.25) is 4.79 Å². The van der Waals surface area contributed by atoms with Crippen LogP contribution in [0.3, 0.4) is 0 Å². The molecule has 0 amide bonds. The molecule has 0 aliphatic heterocycles. The molecule has 5 heteroatoms. The normalized spacial score (nSPS) is 10.7. The summed E-state index contributed by atoms with van der Waals surface area (Å²) in [5, 5.41) is 8.89. The van der Waals surface area contributed by atoms with Crippen LogP contribution in [0.4, 0.5) is 0 Å². The van der Waals surface area contributed by atoms with Crippen LogP contribution in [0.15, 0.2) is 78.9 Å². The molecule has 0 saturated carbocycles. The van der Waals surface area contributed by atoms with Gasteiger partial charge in [0.25, 0.3) is 0 Å². The highest BCUT2D eigenvalue weighted by Crippen LogP contribution is 2.16. The molecule has 0 saturated heterocycles. The van der Waals surface area contributed by atoms with Gasteiger partial charge >= 0.3 is 11.9 Å². The fourth-order valence-electron chi connectivity index (χ4n) is 2.55. The van der Waals surface area contributed by atoms with Crippen LogP contribution in [-0.4, -0.2) is 22.8 Å². The van der Waals surface area contributed by atoms with Crippen molar-refractivity contribution in [3.05, 3.63) is 107 Å². The predicted molar refractivity (Wildman–Crippen MR) is 109 cm³/mol. The Balaban J connectivity index is 1.62. The standard InChI is InChI=1S/C24H18O5/c1-16-2-7-20(8-3-16)24(28)29-21-13-4-17(5-14-21)6-15-22(25)18-9-11-19(12-10-18)23(26)27/h2-15H,1H3,(H,26,27). The van der Waals surface area contributed by atoms with E-state index in [9.17, 15) is 14.4 Å². The molecule has 0 radical (unpaired) electrons. The molecule has 0 unspecified atom stereocenters. The first-order chi connectivity index (χ1) is 13.9. The van der Waals surface area contributed by atoms with Crippen molar-refractivity contribution in [1.29, 1.82) is 0 Å². The lowest BCUT2D eigenvalue weighted by Crippen LogP contribution is -2.08. The maximum atomic E-state index is 12.2. The van der Waals surface area contributed by atoms with Crippen LogP contribution in [-0.2, 0) is 0 Å². The van der Waals surface area contributed by atoms with Crippen LogP contribution in [0.5, 0.6) is 5.75 Å². The van der Waals surface area contributed by atoms with E-state index in [1.165, 1.54) is 30.3 Å². The van der Waals surface area contributed by atoms with Gasteiger partial charge in [-0.15, -0.1) is 0 Å². The predicted octanol–water partition coefficient (Wildman–Crippen LogP) is 4.81. The Morgan fingerprint density at radius 2 is 1.31 bits per heavy atom. The maximum Gasteiger partial charge on any atom is 0.343 e. The van der Waals surface area contributed by atoms with Crippen molar-refractivity contribution in [2.24, 2.45) is 0 Å². The number of hydrogen-bond donors (Lipinski definition) is 1. The third-order valence-electron chi connectivity index (χ3n) is 4.22. The van der Waals surface area contributed by atoms with E-state index < -0.39 is 11.9 Å². The van der Waals surface area contributed by atoms with Crippen molar-refractivity contribution in [2.75, 3.05) is 0 Å². The number of ether oxygens (including phenoxy) is 1. The Morgan fingerprint density at radius 3 is 1.90 bits per heavy atom. The molecule has 144 valence electrons. The number of carbonyl (C=O) groups is 3. The fraction of sp³-hybridized carbons (Fsp3) is 0.0417.